The molecule has 0 N–H and O–H groups in total. The second kappa shape index (κ2) is 5.77. The predicted molar refractivity (Wildman–Crippen MR) is 96.2 cm³/mol. The molecule has 3 aliphatic carbocycles. The predicted octanol–water partition coefficient (Wildman–Crippen LogP) is 3.53. The van der Waals surface area contributed by atoms with Crippen LogP contribution in [0.4, 0.5) is 0 Å². The van der Waals surface area contributed by atoms with Gasteiger partial charge < -0.3 is 9.80 Å². The van der Waals surface area contributed by atoms with Gasteiger partial charge in [0.05, 0.1) is 0 Å². The second-order valence-electron chi connectivity index (χ2n) is 7.38. The van der Waals surface area contributed by atoms with Gasteiger partial charge in [-0.3, -0.25) is 0 Å². The van der Waals surface area contributed by atoms with Gasteiger partial charge in [-0.2, -0.15) is 0 Å². The first-order valence-corrected chi connectivity index (χ1v) is 8.69. The van der Waals surface area contributed by atoms with Crippen molar-refractivity contribution < 1.29 is 0 Å². The zero-order chi connectivity index (χ0) is 16.0. The van der Waals surface area contributed by atoms with Gasteiger partial charge in [0.1, 0.15) is 0 Å². The molecular formula is C21H26N2. The maximum absolute atomic E-state index is 2.59. The summed E-state index contributed by atoms with van der Waals surface area (Å²) in [7, 11) is 6.62. The Morgan fingerprint density at radius 2 is 1.30 bits per heavy atom. The van der Waals surface area contributed by atoms with Gasteiger partial charge in [0.2, 0.25) is 0 Å². The molecule has 3 aliphatic rings. The quantitative estimate of drug-likeness (QED) is 0.852. The Bertz CT molecular complexity index is 659. The van der Waals surface area contributed by atoms with Crippen molar-refractivity contribution in [3.63, 3.8) is 0 Å². The summed E-state index contributed by atoms with van der Waals surface area (Å²) >= 11 is 0. The summed E-state index contributed by atoms with van der Waals surface area (Å²) in [6.07, 6.45) is 1.25. The van der Waals surface area contributed by atoms with Crippen LogP contribution < -0.4 is 0 Å². The first-order chi connectivity index (χ1) is 11.2. The van der Waals surface area contributed by atoms with Gasteiger partial charge in [-0.15, -0.1) is 0 Å². The molecule has 0 aliphatic heterocycles. The van der Waals surface area contributed by atoms with E-state index in [1.54, 1.807) is 22.3 Å². The van der Waals surface area contributed by atoms with Gasteiger partial charge in [0.25, 0.3) is 0 Å². The van der Waals surface area contributed by atoms with Crippen LogP contribution in [0.3, 0.4) is 0 Å². The zero-order valence-electron chi connectivity index (χ0n) is 14.4. The van der Waals surface area contributed by atoms with E-state index in [1.807, 2.05) is 0 Å². The molecule has 2 heteroatoms. The first-order valence-electron chi connectivity index (χ1n) is 8.69. The van der Waals surface area contributed by atoms with Crippen LogP contribution in [0.1, 0.15) is 40.5 Å². The molecule has 5 rings (SSSR count). The molecule has 0 saturated carbocycles. The first kappa shape index (κ1) is 14.9. The summed E-state index contributed by atoms with van der Waals surface area (Å²) in [6, 6.07) is 18.8. The molecule has 23 heavy (non-hydrogen) atoms. The van der Waals surface area contributed by atoms with Crippen molar-refractivity contribution in [1.29, 1.82) is 0 Å². The number of nitrogens with zero attached hydrogens (tertiary/aromatic N) is 2. The maximum Gasteiger partial charge on any atom is 0.0251 e. The van der Waals surface area contributed by atoms with E-state index >= 15 is 0 Å². The molecular weight excluding hydrogens is 280 g/mol. The van der Waals surface area contributed by atoms with E-state index < -0.39 is 0 Å². The van der Waals surface area contributed by atoms with Crippen LogP contribution in [-0.2, 0) is 0 Å². The largest absolute Gasteiger partial charge is 0.308 e. The molecule has 0 amide bonds. The normalized spacial score (nSPS) is 24.8. The van der Waals surface area contributed by atoms with E-state index in [0.29, 0.717) is 17.9 Å². The minimum absolute atomic E-state index is 0.527. The summed E-state index contributed by atoms with van der Waals surface area (Å²) in [6.45, 7) is 2.25. The number of rotatable bonds is 4. The third kappa shape index (κ3) is 2.41. The minimum Gasteiger partial charge on any atom is -0.308 e. The van der Waals surface area contributed by atoms with Crippen LogP contribution in [0, 0.1) is 0 Å². The van der Waals surface area contributed by atoms with Crippen LogP contribution in [0.5, 0.6) is 0 Å². The number of hydrogen-bond acceptors (Lipinski definition) is 2. The zero-order valence-corrected chi connectivity index (χ0v) is 14.4. The highest BCUT2D eigenvalue weighted by Crippen LogP contribution is 2.53. The monoisotopic (exact) mass is 306 g/mol. The smallest absolute Gasteiger partial charge is 0.0251 e. The fraction of sp³-hybridized carbons (Fsp3) is 0.429. The Balaban J connectivity index is 1.74. The van der Waals surface area contributed by atoms with Crippen molar-refractivity contribution >= 4 is 0 Å². The molecule has 2 nitrogen and oxygen atoms in total. The van der Waals surface area contributed by atoms with Gasteiger partial charge >= 0.3 is 0 Å². The van der Waals surface area contributed by atoms with Crippen LogP contribution in [0.2, 0.25) is 0 Å². The summed E-state index contributed by atoms with van der Waals surface area (Å²) in [4.78, 5) is 4.86. The molecule has 2 bridgehead atoms. The average molecular weight is 306 g/mol. The minimum atomic E-state index is 0.527. The molecule has 0 aromatic heterocycles. The lowest BCUT2D eigenvalue weighted by molar-refractivity contribution is 0.172. The van der Waals surface area contributed by atoms with Crippen LogP contribution in [-0.4, -0.2) is 50.1 Å². The van der Waals surface area contributed by atoms with Crippen LogP contribution in [0.25, 0.3) is 0 Å². The third-order valence-corrected chi connectivity index (χ3v) is 5.74. The number of hydrogen-bond donors (Lipinski definition) is 0. The highest BCUT2D eigenvalue weighted by Gasteiger charge is 2.44. The Morgan fingerprint density at radius 3 is 1.83 bits per heavy atom. The van der Waals surface area contributed by atoms with E-state index in [-0.39, 0.29) is 0 Å². The Hall–Kier alpha value is -1.64. The fourth-order valence-electron chi connectivity index (χ4n) is 4.56. The van der Waals surface area contributed by atoms with Gasteiger partial charge in [0.15, 0.2) is 0 Å². The Labute approximate surface area is 139 Å². The summed E-state index contributed by atoms with van der Waals surface area (Å²) in [5.41, 5.74) is 6.25. The van der Waals surface area contributed by atoms with Crippen molar-refractivity contribution in [2.45, 2.75) is 24.3 Å². The van der Waals surface area contributed by atoms with Crippen molar-refractivity contribution in [1.82, 2.24) is 9.80 Å². The lowest BCUT2D eigenvalue weighted by Gasteiger charge is -2.48. The van der Waals surface area contributed by atoms with E-state index in [9.17, 15) is 0 Å². The van der Waals surface area contributed by atoms with E-state index in [2.05, 4.69) is 79.5 Å². The molecule has 0 saturated heterocycles. The summed E-state index contributed by atoms with van der Waals surface area (Å²) < 4.78 is 0. The molecule has 1 atom stereocenters. The molecule has 0 heterocycles. The van der Waals surface area contributed by atoms with Gasteiger partial charge in [0, 0.05) is 31.0 Å². The van der Waals surface area contributed by atoms with Crippen molar-refractivity contribution in [3.8, 4) is 0 Å². The number of likely N-dealkylation sites (N-methyl/N-ethyl adjacent to an activating group) is 2. The Kier molecular flexibility index (Phi) is 3.74. The average Bonchev–Trinajstić information content (AvgIpc) is 2.59. The van der Waals surface area contributed by atoms with Gasteiger partial charge in [-0.25, -0.2) is 0 Å². The van der Waals surface area contributed by atoms with Crippen molar-refractivity contribution in [3.05, 3.63) is 70.8 Å². The SMILES string of the molecule is CN(C)CCN(C)C1CC2c3ccccc3C1c1ccccc12. The molecule has 2 aromatic carbocycles. The topological polar surface area (TPSA) is 6.48 Å². The Morgan fingerprint density at radius 1 is 0.783 bits per heavy atom. The molecule has 1 unspecified atom stereocenters. The van der Waals surface area contributed by atoms with Gasteiger partial charge in [-0.05, 0) is 49.8 Å². The third-order valence-electron chi connectivity index (χ3n) is 5.74. The summed E-state index contributed by atoms with van der Waals surface area (Å²) in [5, 5.41) is 0. The molecule has 0 radical (unpaired) electrons. The number of fused-ring (bicyclic) bond motifs is 1. The summed E-state index contributed by atoms with van der Waals surface area (Å²) in [5.74, 6) is 1.10. The second-order valence-corrected chi connectivity index (χ2v) is 7.38. The molecule has 2 aromatic rings. The fourth-order valence-corrected chi connectivity index (χ4v) is 4.56. The maximum atomic E-state index is 2.59. The highest BCUT2D eigenvalue weighted by molar-refractivity contribution is 5.56. The van der Waals surface area contributed by atoms with Crippen LogP contribution in [0.15, 0.2) is 48.5 Å². The van der Waals surface area contributed by atoms with Crippen molar-refractivity contribution in [2.24, 2.45) is 0 Å². The molecule has 0 spiro atoms. The standard InChI is InChI=1S/C21H26N2/c1-22(2)12-13-23(3)20-14-19-15-8-4-6-10-17(15)21(20)18-11-7-5-9-16(18)19/h4-11,19-21H,12-14H2,1-3H3. The van der Waals surface area contributed by atoms with E-state index in [0.717, 1.165) is 13.1 Å². The van der Waals surface area contributed by atoms with Crippen molar-refractivity contribution in [2.75, 3.05) is 34.2 Å². The number of benzene rings is 2. The lowest BCUT2D eigenvalue weighted by Crippen LogP contribution is -2.47. The highest BCUT2D eigenvalue weighted by atomic mass is 15.2. The molecule has 120 valence electrons. The lowest BCUT2D eigenvalue weighted by atomic mass is 9.61. The van der Waals surface area contributed by atoms with Crippen LogP contribution >= 0.6 is 0 Å². The van der Waals surface area contributed by atoms with E-state index in [1.165, 1.54) is 6.42 Å². The van der Waals surface area contributed by atoms with Gasteiger partial charge in [-0.1, -0.05) is 48.5 Å². The van der Waals surface area contributed by atoms with E-state index in [4.69, 9.17) is 0 Å². The molecule has 0 fully saturated rings.